The van der Waals surface area contributed by atoms with E-state index in [0.29, 0.717) is 12.1 Å². The number of piperidine rings is 1. The predicted molar refractivity (Wildman–Crippen MR) is 111 cm³/mol. The van der Waals surface area contributed by atoms with Crippen LogP contribution in [-0.4, -0.2) is 41.9 Å². The van der Waals surface area contributed by atoms with Gasteiger partial charge in [0.1, 0.15) is 0 Å². The zero-order chi connectivity index (χ0) is 19.3. The zero-order valence-electron chi connectivity index (χ0n) is 16.3. The van der Waals surface area contributed by atoms with Gasteiger partial charge in [-0.05, 0) is 67.6 Å². The summed E-state index contributed by atoms with van der Waals surface area (Å²) in [4.78, 5) is 17.1. The van der Waals surface area contributed by atoms with E-state index in [2.05, 4.69) is 35.2 Å². The molecule has 0 aliphatic carbocycles. The Labute approximate surface area is 167 Å². The molecule has 0 unspecified atom stereocenters. The van der Waals surface area contributed by atoms with Crippen LogP contribution in [0.2, 0.25) is 0 Å². The van der Waals surface area contributed by atoms with Crippen molar-refractivity contribution >= 4 is 5.91 Å². The molecule has 2 aliphatic rings. The van der Waals surface area contributed by atoms with Crippen molar-refractivity contribution < 1.29 is 4.79 Å². The highest BCUT2D eigenvalue weighted by atomic mass is 16.2. The smallest absolute Gasteiger partial charge is 0.253 e. The number of benzene rings is 2. The molecule has 4 heteroatoms. The molecule has 144 valence electrons. The number of carbonyl (C=O) groups excluding carboxylic acids is 1. The molecule has 0 spiro atoms. The largest absolute Gasteiger partial charge is 0.337 e. The van der Waals surface area contributed by atoms with Crippen LogP contribution in [0.15, 0.2) is 48.5 Å². The Balaban J connectivity index is 1.41. The molecule has 4 nitrogen and oxygen atoms in total. The van der Waals surface area contributed by atoms with Gasteiger partial charge >= 0.3 is 0 Å². The monoisotopic (exact) mass is 373 g/mol. The fraction of sp³-hybridized carbons (Fsp3) is 0.417. The van der Waals surface area contributed by atoms with E-state index in [4.69, 9.17) is 5.26 Å². The van der Waals surface area contributed by atoms with Crippen molar-refractivity contribution in [3.05, 3.63) is 59.7 Å². The van der Waals surface area contributed by atoms with Gasteiger partial charge < -0.3 is 4.90 Å². The molecule has 1 amide bonds. The predicted octanol–water partition coefficient (Wildman–Crippen LogP) is 4.33. The molecule has 28 heavy (non-hydrogen) atoms. The van der Waals surface area contributed by atoms with Gasteiger partial charge in [-0.3, -0.25) is 9.69 Å². The maximum atomic E-state index is 12.7. The lowest BCUT2D eigenvalue weighted by atomic mass is 9.98. The molecule has 2 aromatic rings. The number of carbonyl (C=O) groups is 1. The molecule has 2 saturated heterocycles. The maximum Gasteiger partial charge on any atom is 0.253 e. The second-order valence-corrected chi connectivity index (χ2v) is 7.98. The Morgan fingerprint density at radius 1 is 0.929 bits per heavy atom. The molecular formula is C24H27N3O. The summed E-state index contributed by atoms with van der Waals surface area (Å²) in [6, 6.07) is 18.9. The van der Waals surface area contributed by atoms with E-state index in [9.17, 15) is 4.79 Å². The minimum absolute atomic E-state index is 0.0314. The van der Waals surface area contributed by atoms with Crippen molar-refractivity contribution in [2.45, 2.75) is 32.2 Å². The summed E-state index contributed by atoms with van der Waals surface area (Å²) in [6.07, 6.45) is 4.44. The van der Waals surface area contributed by atoms with Gasteiger partial charge in [0.15, 0.2) is 0 Å². The molecule has 0 N–H and O–H groups in total. The Hall–Kier alpha value is -2.64. The summed E-state index contributed by atoms with van der Waals surface area (Å²) in [6.45, 7) is 4.76. The summed E-state index contributed by atoms with van der Waals surface area (Å²) in [5.41, 5.74) is 4.35. The van der Waals surface area contributed by atoms with Gasteiger partial charge in [0.2, 0.25) is 0 Å². The van der Waals surface area contributed by atoms with Gasteiger partial charge in [0, 0.05) is 25.2 Å². The van der Waals surface area contributed by atoms with Crippen LogP contribution >= 0.6 is 0 Å². The highest BCUT2D eigenvalue weighted by Gasteiger charge is 2.24. The topological polar surface area (TPSA) is 47.3 Å². The van der Waals surface area contributed by atoms with E-state index in [-0.39, 0.29) is 11.8 Å². The number of rotatable bonds is 4. The third-order valence-corrected chi connectivity index (χ3v) is 5.92. The van der Waals surface area contributed by atoms with Crippen molar-refractivity contribution in [2.75, 3.05) is 26.2 Å². The molecule has 0 bridgehead atoms. The van der Waals surface area contributed by atoms with E-state index in [1.807, 2.05) is 29.2 Å². The molecule has 2 fully saturated rings. The molecule has 2 aromatic carbocycles. The summed E-state index contributed by atoms with van der Waals surface area (Å²) < 4.78 is 0. The van der Waals surface area contributed by atoms with Crippen LogP contribution in [0.3, 0.4) is 0 Å². The van der Waals surface area contributed by atoms with E-state index in [0.717, 1.165) is 31.5 Å². The van der Waals surface area contributed by atoms with Gasteiger partial charge in [-0.25, -0.2) is 0 Å². The summed E-state index contributed by atoms with van der Waals surface area (Å²) in [5, 5.41) is 9.13. The fourth-order valence-corrected chi connectivity index (χ4v) is 4.26. The highest BCUT2D eigenvalue weighted by Crippen LogP contribution is 2.23. The van der Waals surface area contributed by atoms with Crippen LogP contribution in [-0.2, 0) is 6.54 Å². The number of amides is 1. The Bertz CT molecular complexity index is 845. The number of hydrogen-bond donors (Lipinski definition) is 0. The lowest BCUT2D eigenvalue weighted by Gasteiger charge is -2.29. The van der Waals surface area contributed by atoms with Gasteiger partial charge in [-0.2, -0.15) is 5.26 Å². The summed E-state index contributed by atoms with van der Waals surface area (Å²) in [5.74, 6) is 0.00325. The first-order chi connectivity index (χ1) is 13.7. The van der Waals surface area contributed by atoms with Crippen LogP contribution in [0.5, 0.6) is 0 Å². The van der Waals surface area contributed by atoms with Crippen molar-refractivity contribution in [2.24, 2.45) is 5.92 Å². The van der Waals surface area contributed by atoms with E-state index in [1.54, 1.807) is 0 Å². The molecule has 4 rings (SSSR count). The molecule has 1 atom stereocenters. The minimum atomic E-state index is -0.0314. The summed E-state index contributed by atoms with van der Waals surface area (Å²) in [7, 11) is 0. The van der Waals surface area contributed by atoms with Crippen molar-refractivity contribution in [1.29, 1.82) is 5.26 Å². The SMILES string of the molecule is N#C[C@H]1CCCN(C(=O)c2ccc(-c3ccc(CN4CCCC4)cc3)cc2)C1. The van der Waals surface area contributed by atoms with Crippen LogP contribution in [0.25, 0.3) is 11.1 Å². The summed E-state index contributed by atoms with van der Waals surface area (Å²) >= 11 is 0. The quantitative estimate of drug-likeness (QED) is 0.802. The molecule has 2 heterocycles. The molecule has 2 aliphatic heterocycles. The van der Waals surface area contributed by atoms with Gasteiger partial charge in [0.25, 0.3) is 5.91 Å². The number of nitrogens with zero attached hydrogens (tertiary/aromatic N) is 3. The average molecular weight is 374 g/mol. The Morgan fingerprint density at radius 3 is 2.21 bits per heavy atom. The first-order valence-corrected chi connectivity index (χ1v) is 10.3. The number of nitriles is 1. The molecule has 0 aromatic heterocycles. The van der Waals surface area contributed by atoms with E-state index >= 15 is 0 Å². The lowest BCUT2D eigenvalue weighted by Crippen LogP contribution is -2.39. The first-order valence-electron chi connectivity index (χ1n) is 10.3. The minimum Gasteiger partial charge on any atom is -0.337 e. The van der Waals surface area contributed by atoms with Crippen molar-refractivity contribution in [3.8, 4) is 17.2 Å². The molecule has 0 radical (unpaired) electrons. The number of likely N-dealkylation sites (tertiary alicyclic amines) is 2. The second kappa shape index (κ2) is 8.58. The molecular weight excluding hydrogens is 346 g/mol. The van der Waals surface area contributed by atoms with Crippen LogP contribution in [0.4, 0.5) is 0 Å². The van der Waals surface area contributed by atoms with Crippen LogP contribution in [0, 0.1) is 17.2 Å². The van der Waals surface area contributed by atoms with Crippen molar-refractivity contribution in [1.82, 2.24) is 9.80 Å². The van der Waals surface area contributed by atoms with Gasteiger partial charge in [0.05, 0.1) is 12.0 Å². The second-order valence-electron chi connectivity index (χ2n) is 7.98. The molecule has 0 saturated carbocycles. The van der Waals surface area contributed by atoms with E-state index < -0.39 is 0 Å². The van der Waals surface area contributed by atoms with Crippen LogP contribution < -0.4 is 0 Å². The van der Waals surface area contributed by atoms with Crippen LogP contribution in [0.1, 0.15) is 41.6 Å². The van der Waals surface area contributed by atoms with Gasteiger partial charge in [-0.15, -0.1) is 0 Å². The number of hydrogen-bond acceptors (Lipinski definition) is 3. The van der Waals surface area contributed by atoms with E-state index in [1.165, 1.54) is 37.1 Å². The fourth-order valence-electron chi connectivity index (χ4n) is 4.26. The zero-order valence-corrected chi connectivity index (χ0v) is 16.3. The third-order valence-electron chi connectivity index (χ3n) is 5.92. The normalized spacial score (nSPS) is 20.1. The average Bonchev–Trinajstić information content (AvgIpc) is 3.27. The van der Waals surface area contributed by atoms with Crippen molar-refractivity contribution in [3.63, 3.8) is 0 Å². The highest BCUT2D eigenvalue weighted by molar-refractivity contribution is 5.94. The first kappa shape index (κ1) is 18.7. The lowest BCUT2D eigenvalue weighted by molar-refractivity contribution is 0.0699. The standard InChI is InChI=1S/C24H27N3O/c25-16-20-4-3-15-27(18-20)24(28)23-11-9-22(10-12-23)21-7-5-19(6-8-21)17-26-13-1-2-14-26/h5-12,20H,1-4,13-15,17-18H2/t20-/m1/s1. The maximum absolute atomic E-state index is 12.7. The van der Waals surface area contributed by atoms with Gasteiger partial charge in [-0.1, -0.05) is 36.4 Å². The third kappa shape index (κ3) is 4.26. The Morgan fingerprint density at radius 2 is 1.57 bits per heavy atom. The Kier molecular flexibility index (Phi) is 5.73.